The Balaban J connectivity index is 2.98. The molecule has 1 aromatic rings. The van der Waals surface area contributed by atoms with Crippen molar-refractivity contribution in [3.63, 3.8) is 0 Å². The number of halogens is 3. The van der Waals surface area contributed by atoms with Gasteiger partial charge in [0, 0.05) is 13.1 Å². The summed E-state index contributed by atoms with van der Waals surface area (Å²) < 4.78 is 63.0. The van der Waals surface area contributed by atoms with Gasteiger partial charge in [-0.2, -0.15) is 13.2 Å². The number of alkyl halides is 3. The second-order valence-electron chi connectivity index (χ2n) is 3.60. The number of nitrogens with one attached hydrogen (secondary N) is 1. The first-order chi connectivity index (χ1) is 8.26. The van der Waals surface area contributed by atoms with Crippen molar-refractivity contribution in [1.29, 1.82) is 0 Å². The molecule has 1 rings (SSSR count). The minimum atomic E-state index is -4.57. The highest BCUT2D eigenvalue weighted by atomic mass is 32.2. The summed E-state index contributed by atoms with van der Waals surface area (Å²) in [5.41, 5.74) is 3.90. The Bertz CT molecular complexity index is 500. The Morgan fingerprint density at radius 3 is 2.39 bits per heavy atom. The van der Waals surface area contributed by atoms with Gasteiger partial charge in [0.1, 0.15) is 0 Å². The lowest BCUT2D eigenvalue weighted by molar-refractivity contribution is -0.138. The number of nitrogens with two attached hydrogens (primary N) is 1. The molecule has 0 bridgehead atoms. The highest BCUT2D eigenvalue weighted by molar-refractivity contribution is 7.88. The minimum absolute atomic E-state index is 0.00345. The SMILES string of the molecule is NCCNS(=O)(=O)Cc1ccccc1C(F)(F)F. The molecule has 3 N–H and O–H groups in total. The van der Waals surface area contributed by atoms with E-state index < -0.39 is 27.5 Å². The summed E-state index contributed by atoms with van der Waals surface area (Å²) in [6, 6.07) is 4.58. The number of hydrogen-bond acceptors (Lipinski definition) is 3. The molecular formula is C10H13F3N2O2S. The van der Waals surface area contributed by atoms with Gasteiger partial charge in [-0.05, 0) is 11.6 Å². The molecule has 0 heterocycles. The molecular weight excluding hydrogens is 269 g/mol. The van der Waals surface area contributed by atoms with Crippen LogP contribution in [-0.2, 0) is 22.0 Å². The molecule has 0 aliphatic rings. The van der Waals surface area contributed by atoms with Gasteiger partial charge in [-0.3, -0.25) is 0 Å². The van der Waals surface area contributed by atoms with E-state index in [4.69, 9.17) is 5.73 Å². The summed E-state index contributed by atoms with van der Waals surface area (Å²) >= 11 is 0. The van der Waals surface area contributed by atoms with E-state index in [1.165, 1.54) is 12.1 Å². The Labute approximate surface area is 103 Å². The maximum atomic E-state index is 12.6. The van der Waals surface area contributed by atoms with E-state index in [9.17, 15) is 21.6 Å². The van der Waals surface area contributed by atoms with Gasteiger partial charge in [-0.25, -0.2) is 13.1 Å². The van der Waals surface area contributed by atoms with Gasteiger partial charge in [0.2, 0.25) is 10.0 Å². The molecule has 102 valence electrons. The van der Waals surface area contributed by atoms with Crippen LogP contribution in [0.25, 0.3) is 0 Å². The maximum absolute atomic E-state index is 12.6. The van der Waals surface area contributed by atoms with Crippen LogP contribution in [0.2, 0.25) is 0 Å². The first-order valence-electron chi connectivity index (χ1n) is 5.09. The predicted octanol–water partition coefficient (Wildman–Crippen LogP) is 1.08. The summed E-state index contributed by atoms with van der Waals surface area (Å²) in [5.74, 6) is -0.720. The lowest BCUT2D eigenvalue weighted by atomic mass is 10.1. The van der Waals surface area contributed by atoms with Crippen LogP contribution in [0.1, 0.15) is 11.1 Å². The Morgan fingerprint density at radius 2 is 1.83 bits per heavy atom. The van der Waals surface area contributed by atoms with Gasteiger partial charge in [0.05, 0.1) is 11.3 Å². The number of sulfonamides is 1. The predicted molar refractivity (Wildman–Crippen MR) is 61.1 cm³/mol. The fourth-order valence-electron chi connectivity index (χ4n) is 1.39. The van der Waals surface area contributed by atoms with Crippen molar-refractivity contribution in [3.8, 4) is 0 Å². The van der Waals surface area contributed by atoms with E-state index in [1.807, 2.05) is 0 Å². The van der Waals surface area contributed by atoms with Crippen molar-refractivity contribution in [1.82, 2.24) is 4.72 Å². The van der Waals surface area contributed by atoms with Gasteiger partial charge < -0.3 is 5.73 Å². The standard InChI is InChI=1S/C10H13F3N2O2S/c11-10(12,13)9-4-2-1-3-8(9)7-18(16,17)15-6-5-14/h1-4,15H,5-7,14H2. The quantitative estimate of drug-likeness (QED) is 0.849. The van der Waals surface area contributed by atoms with Gasteiger partial charge in [-0.15, -0.1) is 0 Å². The topological polar surface area (TPSA) is 72.2 Å². The summed E-state index contributed by atoms with van der Waals surface area (Å²) in [7, 11) is -3.81. The third kappa shape index (κ3) is 4.28. The van der Waals surface area contributed by atoms with Crippen LogP contribution in [-0.4, -0.2) is 21.5 Å². The molecule has 0 saturated heterocycles. The van der Waals surface area contributed by atoms with Gasteiger partial charge >= 0.3 is 6.18 Å². The molecule has 1 aromatic carbocycles. The molecule has 0 aliphatic carbocycles. The molecule has 0 saturated carbocycles. The van der Waals surface area contributed by atoms with Gasteiger partial charge in [0.15, 0.2) is 0 Å². The minimum Gasteiger partial charge on any atom is -0.329 e. The summed E-state index contributed by atoms with van der Waals surface area (Å²) in [6.07, 6.45) is -4.57. The van der Waals surface area contributed by atoms with Crippen LogP contribution in [0.5, 0.6) is 0 Å². The molecule has 0 fully saturated rings. The molecule has 0 aliphatic heterocycles. The van der Waals surface area contributed by atoms with E-state index in [0.717, 1.165) is 12.1 Å². The van der Waals surface area contributed by atoms with Crippen molar-refractivity contribution in [3.05, 3.63) is 35.4 Å². The van der Waals surface area contributed by atoms with E-state index in [2.05, 4.69) is 4.72 Å². The zero-order chi connectivity index (χ0) is 13.8. The van der Waals surface area contributed by atoms with Crippen molar-refractivity contribution < 1.29 is 21.6 Å². The highest BCUT2D eigenvalue weighted by Crippen LogP contribution is 2.32. The largest absolute Gasteiger partial charge is 0.416 e. The van der Waals surface area contributed by atoms with Crippen molar-refractivity contribution in [2.45, 2.75) is 11.9 Å². The van der Waals surface area contributed by atoms with Crippen LogP contribution in [0.4, 0.5) is 13.2 Å². The monoisotopic (exact) mass is 282 g/mol. The normalized spacial score (nSPS) is 12.7. The molecule has 0 radical (unpaired) electrons. The third-order valence-electron chi connectivity index (χ3n) is 2.13. The molecule has 18 heavy (non-hydrogen) atoms. The Hall–Kier alpha value is -1.12. The summed E-state index contributed by atoms with van der Waals surface area (Å²) in [4.78, 5) is 0. The van der Waals surface area contributed by atoms with Gasteiger partial charge in [-0.1, -0.05) is 18.2 Å². The lowest BCUT2D eigenvalue weighted by Crippen LogP contribution is -2.30. The third-order valence-corrected chi connectivity index (χ3v) is 3.47. The molecule has 0 spiro atoms. The highest BCUT2D eigenvalue weighted by Gasteiger charge is 2.33. The zero-order valence-electron chi connectivity index (χ0n) is 9.37. The van der Waals surface area contributed by atoms with Crippen molar-refractivity contribution in [2.24, 2.45) is 5.73 Å². The summed E-state index contributed by atoms with van der Waals surface area (Å²) in [6.45, 7) is 0.0800. The summed E-state index contributed by atoms with van der Waals surface area (Å²) in [5, 5.41) is 0. The average molecular weight is 282 g/mol. The van der Waals surface area contributed by atoms with Crippen molar-refractivity contribution in [2.75, 3.05) is 13.1 Å². The fraction of sp³-hybridized carbons (Fsp3) is 0.400. The number of rotatable bonds is 5. The first-order valence-corrected chi connectivity index (χ1v) is 6.74. The fourth-order valence-corrected chi connectivity index (χ4v) is 2.58. The molecule has 0 unspecified atom stereocenters. The lowest BCUT2D eigenvalue weighted by Gasteiger charge is -2.13. The maximum Gasteiger partial charge on any atom is 0.416 e. The average Bonchev–Trinajstić information content (AvgIpc) is 2.25. The number of hydrogen-bond donors (Lipinski definition) is 2. The van der Waals surface area contributed by atoms with Crippen LogP contribution < -0.4 is 10.5 Å². The van der Waals surface area contributed by atoms with Crippen molar-refractivity contribution >= 4 is 10.0 Å². The van der Waals surface area contributed by atoms with Crippen LogP contribution in [0.3, 0.4) is 0 Å². The smallest absolute Gasteiger partial charge is 0.329 e. The first kappa shape index (κ1) is 14.9. The van der Waals surface area contributed by atoms with Crippen LogP contribution in [0, 0.1) is 0 Å². The van der Waals surface area contributed by atoms with E-state index in [0.29, 0.717) is 0 Å². The number of benzene rings is 1. The van der Waals surface area contributed by atoms with Crippen LogP contribution >= 0.6 is 0 Å². The molecule has 0 atom stereocenters. The van der Waals surface area contributed by atoms with E-state index >= 15 is 0 Å². The molecule has 4 nitrogen and oxygen atoms in total. The second-order valence-corrected chi connectivity index (χ2v) is 5.40. The van der Waals surface area contributed by atoms with E-state index in [-0.39, 0.29) is 18.7 Å². The zero-order valence-corrected chi connectivity index (χ0v) is 10.2. The molecule has 8 heteroatoms. The van der Waals surface area contributed by atoms with E-state index in [1.54, 1.807) is 0 Å². The van der Waals surface area contributed by atoms with Crippen LogP contribution in [0.15, 0.2) is 24.3 Å². The second kappa shape index (κ2) is 5.68. The van der Waals surface area contributed by atoms with Gasteiger partial charge in [0.25, 0.3) is 0 Å². The molecule has 0 amide bonds. The Morgan fingerprint density at radius 1 is 1.22 bits per heavy atom. The molecule has 0 aromatic heterocycles. The Kier molecular flexibility index (Phi) is 4.71.